The number of nitro benzene ring substituents is 1. The SMILES string of the molecule is CC(=O)c1ccc(Oc2ccc(F)cc2)cc1[N+](=O)[O-]. The van der Waals surface area contributed by atoms with E-state index in [1.807, 2.05) is 0 Å². The van der Waals surface area contributed by atoms with Crippen LogP contribution in [0.1, 0.15) is 17.3 Å². The standard InChI is InChI=1S/C14H10FNO4/c1-9(17)13-7-6-12(8-14(13)16(18)19)20-11-4-2-10(15)3-5-11/h2-8H,1H3. The Balaban J connectivity index is 2.34. The van der Waals surface area contributed by atoms with Crippen LogP contribution in [0.3, 0.4) is 0 Å². The third kappa shape index (κ3) is 2.97. The molecular formula is C14H10FNO4. The van der Waals surface area contributed by atoms with Crippen LogP contribution in [0, 0.1) is 15.9 Å². The third-order valence-electron chi connectivity index (χ3n) is 2.59. The molecule has 102 valence electrons. The van der Waals surface area contributed by atoms with Gasteiger partial charge in [0.2, 0.25) is 0 Å². The number of halogens is 1. The van der Waals surface area contributed by atoms with Gasteiger partial charge >= 0.3 is 0 Å². The topological polar surface area (TPSA) is 69.4 Å². The fourth-order valence-corrected chi connectivity index (χ4v) is 1.66. The Morgan fingerprint density at radius 2 is 1.75 bits per heavy atom. The van der Waals surface area contributed by atoms with Crippen LogP contribution in [-0.2, 0) is 0 Å². The summed E-state index contributed by atoms with van der Waals surface area (Å²) in [6.45, 7) is 1.25. The molecule has 0 aliphatic heterocycles. The van der Waals surface area contributed by atoms with E-state index < -0.39 is 16.5 Å². The van der Waals surface area contributed by atoms with Crippen LogP contribution in [-0.4, -0.2) is 10.7 Å². The number of ether oxygens (including phenoxy) is 1. The first-order valence-electron chi connectivity index (χ1n) is 5.70. The molecular weight excluding hydrogens is 265 g/mol. The zero-order valence-electron chi connectivity index (χ0n) is 10.5. The normalized spacial score (nSPS) is 10.1. The van der Waals surface area contributed by atoms with E-state index in [-0.39, 0.29) is 17.0 Å². The number of hydrogen-bond acceptors (Lipinski definition) is 4. The van der Waals surface area contributed by atoms with Gasteiger partial charge in [0.1, 0.15) is 17.3 Å². The number of carbonyl (C=O) groups excluding carboxylic acids is 1. The minimum atomic E-state index is -0.645. The summed E-state index contributed by atoms with van der Waals surface area (Å²) < 4.78 is 18.1. The van der Waals surface area contributed by atoms with Crippen LogP contribution < -0.4 is 4.74 Å². The zero-order chi connectivity index (χ0) is 14.7. The van der Waals surface area contributed by atoms with Gasteiger partial charge in [-0.1, -0.05) is 0 Å². The van der Waals surface area contributed by atoms with Crippen LogP contribution in [0.15, 0.2) is 42.5 Å². The highest BCUT2D eigenvalue weighted by atomic mass is 19.1. The Bertz CT molecular complexity index is 667. The Kier molecular flexibility index (Phi) is 3.74. The summed E-state index contributed by atoms with van der Waals surface area (Å²) in [6, 6.07) is 9.19. The maximum atomic E-state index is 12.8. The number of nitro groups is 1. The molecule has 2 aromatic carbocycles. The molecule has 20 heavy (non-hydrogen) atoms. The van der Waals surface area contributed by atoms with Gasteiger partial charge in [0, 0.05) is 0 Å². The highest BCUT2D eigenvalue weighted by molar-refractivity contribution is 5.98. The summed E-state index contributed by atoms with van der Waals surface area (Å²) >= 11 is 0. The Hall–Kier alpha value is -2.76. The lowest BCUT2D eigenvalue weighted by Crippen LogP contribution is -2.00. The number of benzene rings is 2. The van der Waals surface area contributed by atoms with E-state index >= 15 is 0 Å². The first kappa shape index (κ1) is 13.7. The quantitative estimate of drug-likeness (QED) is 0.484. The lowest BCUT2D eigenvalue weighted by molar-refractivity contribution is -0.385. The molecule has 2 aromatic rings. The maximum absolute atomic E-state index is 12.8. The number of rotatable bonds is 4. The number of hydrogen-bond donors (Lipinski definition) is 0. The first-order chi connectivity index (χ1) is 9.47. The van der Waals surface area contributed by atoms with Crippen LogP contribution in [0.25, 0.3) is 0 Å². The molecule has 0 aliphatic rings. The van der Waals surface area contributed by atoms with Gasteiger partial charge in [-0.3, -0.25) is 14.9 Å². The maximum Gasteiger partial charge on any atom is 0.283 e. The Morgan fingerprint density at radius 1 is 1.15 bits per heavy atom. The van der Waals surface area contributed by atoms with E-state index in [1.54, 1.807) is 0 Å². The van der Waals surface area contributed by atoms with Gasteiger partial charge in [-0.05, 0) is 43.3 Å². The highest BCUT2D eigenvalue weighted by Crippen LogP contribution is 2.28. The van der Waals surface area contributed by atoms with Crippen LogP contribution in [0.4, 0.5) is 10.1 Å². The van der Waals surface area contributed by atoms with Gasteiger partial charge in [0.15, 0.2) is 5.78 Å². The zero-order valence-corrected chi connectivity index (χ0v) is 10.5. The minimum Gasteiger partial charge on any atom is -0.457 e. The third-order valence-corrected chi connectivity index (χ3v) is 2.59. The molecule has 0 heterocycles. The predicted octanol–water partition coefficient (Wildman–Crippen LogP) is 3.73. The van der Waals surface area contributed by atoms with Gasteiger partial charge in [-0.2, -0.15) is 0 Å². The van der Waals surface area contributed by atoms with Crippen molar-refractivity contribution in [2.24, 2.45) is 0 Å². The summed E-state index contributed by atoms with van der Waals surface area (Å²) in [4.78, 5) is 21.6. The van der Waals surface area contributed by atoms with Crippen LogP contribution in [0.5, 0.6) is 11.5 Å². The smallest absolute Gasteiger partial charge is 0.283 e. The van der Waals surface area contributed by atoms with Crippen molar-refractivity contribution in [3.8, 4) is 11.5 Å². The average Bonchev–Trinajstić information content (AvgIpc) is 2.41. The summed E-state index contributed by atoms with van der Waals surface area (Å²) in [7, 11) is 0. The van der Waals surface area contributed by atoms with Crippen molar-refractivity contribution in [2.45, 2.75) is 6.92 Å². The van der Waals surface area contributed by atoms with Crippen LogP contribution in [0.2, 0.25) is 0 Å². The van der Waals surface area contributed by atoms with Crippen molar-refractivity contribution in [1.29, 1.82) is 0 Å². The second kappa shape index (κ2) is 5.48. The lowest BCUT2D eigenvalue weighted by Gasteiger charge is -2.06. The summed E-state index contributed by atoms with van der Waals surface area (Å²) in [5.74, 6) is -0.259. The van der Waals surface area contributed by atoms with E-state index in [2.05, 4.69) is 0 Å². The molecule has 0 saturated heterocycles. The molecule has 0 unspecified atom stereocenters. The van der Waals surface area contributed by atoms with Crippen molar-refractivity contribution in [3.63, 3.8) is 0 Å². The van der Waals surface area contributed by atoms with Gasteiger partial charge in [-0.15, -0.1) is 0 Å². The summed E-state index contributed by atoms with van der Waals surface area (Å²) in [5, 5.41) is 10.9. The minimum absolute atomic E-state index is 0.0152. The van der Waals surface area contributed by atoms with Crippen molar-refractivity contribution in [1.82, 2.24) is 0 Å². The number of Topliss-reactive ketones (excluding diaryl/α,β-unsaturated/α-hetero) is 1. The number of nitrogens with zero attached hydrogens (tertiary/aromatic N) is 1. The molecule has 0 aromatic heterocycles. The molecule has 5 nitrogen and oxygen atoms in total. The average molecular weight is 275 g/mol. The van der Waals surface area contributed by atoms with E-state index in [0.717, 1.165) is 0 Å². The Morgan fingerprint density at radius 3 is 2.30 bits per heavy atom. The number of ketones is 1. The molecule has 0 spiro atoms. The molecule has 0 aliphatic carbocycles. The van der Waals surface area contributed by atoms with E-state index in [1.165, 1.54) is 49.4 Å². The molecule has 0 atom stereocenters. The van der Waals surface area contributed by atoms with Gasteiger partial charge in [0.05, 0.1) is 16.6 Å². The fraction of sp³-hybridized carbons (Fsp3) is 0.0714. The van der Waals surface area contributed by atoms with Crippen molar-refractivity contribution in [3.05, 3.63) is 64.0 Å². The molecule has 0 N–H and O–H groups in total. The fourth-order valence-electron chi connectivity index (χ4n) is 1.66. The van der Waals surface area contributed by atoms with E-state index in [4.69, 9.17) is 4.74 Å². The predicted molar refractivity (Wildman–Crippen MR) is 69.6 cm³/mol. The van der Waals surface area contributed by atoms with Gasteiger partial charge < -0.3 is 4.74 Å². The molecule has 6 heteroatoms. The monoisotopic (exact) mass is 275 g/mol. The van der Waals surface area contributed by atoms with Gasteiger partial charge in [0.25, 0.3) is 5.69 Å². The molecule has 0 amide bonds. The molecule has 0 radical (unpaired) electrons. The molecule has 0 bridgehead atoms. The van der Waals surface area contributed by atoms with E-state index in [0.29, 0.717) is 5.75 Å². The lowest BCUT2D eigenvalue weighted by atomic mass is 10.1. The summed E-state index contributed by atoms with van der Waals surface area (Å²) in [6.07, 6.45) is 0. The Labute approximate surface area is 113 Å². The van der Waals surface area contributed by atoms with Crippen molar-refractivity contribution < 1.29 is 18.8 Å². The van der Waals surface area contributed by atoms with Gasteiger partial charge in [-0.25, -0.2) is 4.39 Å². The molecule has 2 rings (SSSR count). The highest BCUT2D eigenvalue weighted by Gasteiger charge is 2.18. The first-order valence-corrected chi connectivity index (χ1v) is 5.70. The molecule has 0 saturated carbocycles. The summed E-state index contributed by atoms with van der Waals surface area (Å²) in [5.41, 5.74) is -0.307. The number of carbonyl (C=O) groups is 1. The molecule has 0 fully saturated rings. The second-order valence-corrected chi connectivity index (χ2v) is 4.05. The largest absolute Gasteiger partial charge is 0.457 e. The second-order valence-electron chi connectivity index (χ2n) is 4.05. The van der Waals surface area contributed by atoms with E-state index in [9.17, 15) is 19.3 Å². The van der Waals surface area contributed by atoms with Crippen LogP contribution >= 0.6 is 0 Å². The van der Waals surface area contributed by atoms with Crippen molar-refractivity contribution in [2.75, 3.05) is 0 Å². The van der Waals surface area contributed by atoms with Crippen molar-refractivity contribution >= 4 is 11.5 Å².